The standard InChI is InChI=1S/C15H26N2O/c1-11(2)14(8-16)10-17-9-13-7-12(3)5-6-15(13)18-4/h5-7,11,14,17H,8-10,16H2,1-4H3. The van der Waals surface area contributed by atoms with Crippen molar-refractivity contribution in [3.05, 3.63) is 29.3 Å². The van der Waals surface area contributed by atoms with E-state index < -0.39 is 0 Å². The molecule has 3 heteroatoms. The van der Waals surface area contributed by atoms with Crippen LogP contribution in [0.1, 0.15) is 25.0 Å². The highest BCUT2D eigenvalue weighted by molar-refractivity contribution is 5.36. The third-order valence-electron chi connectivity index (χ3n) is 3.40. The molecule has 1 unspecified atom stereocenters. The Balaban J connectivity index is 2.55. The van der Waals surface area contributed by atoms with E-state index in [1.54, 1.807) is 7.11 Å². The van der Waals surface area contributed by atoms with Crippen LogP contribution in [0.5, 0.6) is 5.75 Å². The van der Waals surface area contributed by atoms with E-state index in [0.717, 1.165) is 25.4 Å². The highest BCUT2D eigenvalue weighted by Gasteiger charge is 2.11. The van der Waals surface area contributed by atoms with Crippen molar-refractivity contribution >= 4 is 0 Å². The van der Waals surface area contributed by atoms with Gasteiger partial charge < -0.3 is 15.8 Å². The molecule has 1 atom stereocenters. The predicted octanol–water partition coefficient (Wildman–Crippen LogP) is 2.32. The normalized spacial score (nSPS) is 12.8. The summed E-state index contributed by atoms with van der Waals surface area (Å²) in [6.45, 7) is 9.04. The fraction of sp³-hybridized carbons (Fsp3) is 0.600. The molecule has 0 saturated carbocycles. The van der Waals surface area contributed by atoms with Crippen LogP contribution in [0, 0.1) is 18.8 Å². The maximum atomic E-state index is 5.77. The highest BCUT2D eigenvalue weighted by Crippen LogP contribution is 2.19. The Bertz CT molecular complexity index is 364. The minimum absolute atomic E-state index is 0.529. The monoisotopic (exact) mass is 250 g/mol. The molecule has 102 valence electrons. The van der Waals surface area contributed by atoms with Gasteiger partial charge in [-0.1, -0.05) is 31.5 Å². The van der Waals surface area contributed by atoms with Gasteiger partial charge in [0.05, 0.1) is 7.11 Å². The molecule has 0 spiro atoms. The summed E-state index contributed by atoms with van der Waals surface area (Å²) in [5.41, 5.74) is 8.23. The van der Waals surface area contributed by atoms with Gasteiger partial charge in [0.1, 0.15) is 5.75 Å². The van der Waals surface area contributed by atoms with Crippen molar-refractivity contribution < 1.29 is 4.74 Å². The molecule has 0 fully saturated rings. The molecule has 3 N–H and O–H groups in total. The summed E-state index contributed by atoms with van der Waals surface area (Å²) in [6.07, 6.45) is 0. The first-order valence-electron chi connectivity index (χ1n) is 6.62. The SMILES string of the molecule is COc1ccc(C)cc1CNCC(CN)C(C)C. The number of nitrogens with two attached hydrogens (primary N) is 1. The highest BCUT2D eigenvalue weighted by atomic mass is 16.5. The van der Waals surface area contributed by atoms with Crippen LogP contribution in [0.15, 0.2) is 18.2 Å². The van der Waals surface area contributed by atoms with Crippen molar-refractivity contribution in [2.75, 3.05) is 20.2 Å². The number of nitrogens with one attached hydrogen (secondary N) is 1. The Hall–Kier alpha value is -1.06. The maximum absolute atomic E-state index is 5.77. The number of aryl methyl sites for hydroxylation is 1. The van der Waals surface area contributed by atoms with Gasteiger partial charge in [-0.3, -0.25) is 0 Å². The van der Waals surface area contributed by atoms with Gasteiger partial charge in [0.25, 0.3) is 0 Å². The summed E-state index contributed by atoms with van der Waals surface area (Å²) >= 11 is 0. The molecule has 0 aliphatic carbocycles. The molecule has 0 saturated heterocycles. The number of hydrogen-bond donors (Lipinski definition) is 2. The number of hydrogen-bond acceptors (Lipinski definition) is 3. The second kappa shape index (κ2) is 7.39. The van der Waals surface area contributed by atoms with Crippen LogP contribution in [0.4, 0.5) is 0 Å². The second-order valence-corrected chi connectivity index (χ2v) is 5.19. The fourth-order valence-electron chi connectivity index (χ4n) is 2.03. The zero-order valence-corrected chi connectivity index (χ0v) is 12.0. The Morgan fingerprint density at radius 3 is 2.61 bits per heavy atom. The zero-order valence-electron chi connectivity index (χ0n) is 12.0. The fourth-order valence-corrected chi connectivity index (χ4v) is 2.03. The molecular formula is C15H26N2O. The molecule has 0 aliphatic heterocycles. The number of methoxy groups -OCH3 is 1. The smallest absolute Gasteiger partial charge is 0.123 e. The first-order chi connectivity index (χ1) is 8.58. The molecule has 18 heavy (non-hydrogen) atoms. The molecule has 1 aromatic carbocycles. The van der Waals surface area contributed by atoms with Crippen molar-refractivity contribution in [2.24, 2.45) is 17.6 Å². The average Bonchev–Trinajstić information content (AvgIpc) is 2.34. The van der Waals surface area contributed by atoms with E-state index in [2.05, 4.69) is 38.2 Å². The lowest BCUT2D eigenvalue weighted by Gasteiger charge is -2.19. The molecule has 0 heterocycles. The molecule has 1 rings (SSSR count). The van der Waals surface area contributed by atoms with Crippen molar-refractivity contribution in [3.8, 4) is 5.75 Å². The van der Waals surface area contributed by atoms with E-state index in [9.17, 15) is 0 Å². The quantitative estimate of drug-likeness (QED) is 0.781. The predicted molar refractivity (Wildman–Crippen MR) is 76.8 cm³/mol. The number of rotatable bonds is 7. The van der Waals surface area contributed by atoms with E-state index in [4.69, 9.17) is 10.5 Å². The van der Waals surface area contributed by atoms with Gasteiger partial charge in [0.2, 0.25) is 0 Å². The summed E-state index contributed by atoms with van der Waals surface area (Å²) in [5, 5.41) is 3.48. The summed E-state index contributed by atoms with van der Waals surface area (Å²) in [4.78, 5) is 0. The molecule has 0 aromatic heterocycles. The van der Waals surface area contributed by atoms with Gasteiger partial charge >= 0.3 is 0 Å². The first kappa shape index (κ1) is 15.0. The summed E-state index contributed by atoms with van der Waals surface area (Å²) in [6, 6.07) is 6.26. The second-order valence-electron chi connectivity index (χ2n) is 5.19. The van der Waals surface area contributed by atoms with Gasteiger partial charge in [-0.25, -0.2) is 0 Å². The number of ether oxygens (including phenoxy) is 1. The summed E-state index contributed by atoms with van der Waals surface area (Å²) < 4.78 is 5.37. The van der Waals surface area contributed by atoms with Crippen LogP contribution in [-0.4, -0.2) is 20.2 Å². The summed E-state index contributed by atoms with van der Waals surface area (Å²) in [5.74, 6) is 2.09. The minimum Gasteiger partial charge on any atom is -0.496 e. The third kappa shape index (κ3) is 4.31. The van der Waals surface area contributed by atoms with E-state index in [-0.39, 0.29) is 0 Å². The molecule has 3 nitrogen and oxygen atoms in total. The third-order valence-corrected chi connectivity index (χ3v) is 3.40. The molecule has 0 bridgehead atoms. The largest absolute Gasteiger partial charge is 0.496 e. The Kier molecular flexibility index (Phi) is 6.16. The Morgan fingerprint density at radius 2 is 2.06 bits per heavy atom. The molecule has 0 amide bonds. The molecular weight excluding hydrogens is 224 g/mol. The van der Waals surface area contributed by atoms with Crippen molar-refractivity contribution in [1.82, 2.24) is 5.32 Å². The lowest BCUT2D eigenvalue weighted by Crippen LogP contribution is -2.31. The van der Waals surface area contributed by atoms with Gasteiger partial charge in [-0.2, -0.15) is 0 Å². The van der Waals surface area contributed by atoms with Crippen LogP contribution in [0.2, 0.25) is 0 Å². The molecule has 0 aliphatic rings. The zero-order chi connectivity index (χ0) is 13.5. The Labute approximate surface area is 111 Å². The van der Waals surface area contributed by atoms with Gasteiger partial charge in [-0.15, -0.1) is 0 Å². The van der Waals surface area contributed by atoms with Gasteiger partial charge in [0.15, 0.2) is 0 Å². The van der Waals surface area contributed by atoms with E-state index in [1.807, 2.05) is 6.07 Å². The van der Waals surface area contributed by atoms with Gasteiger partial charge in [0, 0.05) is 12.1 Å². The lowest BCUT2D eigenvalue weighted by atomic mass is 9.96. The van der Waals surface area contributed by atoms with Crippen LogP contribution in [-0.2, 0) is 6.54 Å². The molecule has 0 radical (unpaired) electrons. The van der Waals surface area contributed by atoms with Crippen molar-refractivity contribution in [2.45, 2.75) is 27.3 Å². The molecule has 1 aromatic rings. The topological polar surface area (TPSA) is 47.3 Å². The van der Waals surface area contributed by atoms with Crippen molar-refractivity contribution in [3.63, 3.8) is 0 Å². The maximum Gasteiger partial charge on any atom is 0.123 e. The van der Waals surface area contributed by atoms with Crippen LogP contribution < -0.4 is 15.8 Å². The lowest BCUT2D eigenvalue weighted by molar-refractivity contribution is 0.366. The van der Waals surface area contributed by atoms with Gasteiger partial charge in [-0.05, 0) is 37.9 Å². The summed E-state index contributed by atoms with van der Waals surface area (Å²) in [7, 11) is 1.71. The van der Waals surface area contributed by atoms with Crippen LogP contribution in [0.3, 0.4) is 0 Å². The minimum atomic E-state index is 0.529. The number of benzene rings is 1. The van der Waals surface area contributed by atoms with Crippen LogP contribution in [0.25, 0.3) is 0 Å². The Morgan fingerprint density at radius 1 is 1.33 bits per heavy atom. The van der Waals surface area contributed by atoms with Crippen LogP contribution >= 0.6 is 0 Å². The first-order valence-corrected chi connectivity index (χ1v) is 6.62. The average molecular weight is 250 g/mol. The van der Waals surface area contributed by atoms with E-state index >= 15 is 0 Å². The van der Waals surface area contributed by atoms with Crippen molar-refractivity contribution in [1.29, 1.82) is 0 Å². The van der Waals surface area contributed by atoms with E-state index in [0.29, 0.717) is 11.8 Å². The van der Waals surface area contributed by atoms with E-state index in [1.165, 1.54) is 11.1 Å².